The highest BCUT2D eigenvalue weighted by Gasteiger charge is 2.62. The van der Waals surface area contributed by atoms with Crippen molar-refractivity contribution in [1.29, 1.82) is 0 Å². The zero-order chi connectivity index (χ0) is 25.0. The van der Waals surface area contributed by atoms with Gasteiger partial charge in [0.2, 0.25) is 17.7 Å². The summed E-state index contributed by atoms with van der Waals surface area (Å²) >= 11 is 0. The van der Waals surface area contributed by atoms with Crippen molar-refractivity contribution in [3.8, 4) is 0 Å². The first kappa shape index (κ1) is 22.7. The molecule has 0 aromatic heterocycles. The Balaban J connectivity index is 1.40. The molecule has 182 valence electrons. The van der Waals surface area contributed by atoms with E-state index >= 15 is 0 Å². The number of unbranched alkanes of at least 4 members (excludes halogenated alkanes) is 1. The Morgan fingerprint density at radius 2 is 1.36 bits per heavy atom. The number of carbonyl (C=O) groups excluding carboxylic acids is 3. The fourth-order valence-electron chi connectivity index (χ4n) is 6.73. The third kappa shape index (κ3) is 3.33. The summed E-state index contributed by atoms with van der Waals surface area (Å²) in [5, 5.41) is 2.98. The molecule has 5 nitrogen and oxygen atoms in total. The summed E-state index contributed by atoms with van der Waals surface area (Å²) in [6, 6.07) is 23.2. The van der Waals surface area contributed by atoms with Gasteiger partial charge in [0.1, 0.15) is 6.04 Å². The summed E-state index contributed by atoms with van der Waals surface area (Å²) in [5.74, 6) is -1.97. The second kappa shape index (κ2) is 8.74. The van der Waals surface area contributed by atoms with Gasteiger partial charge >= 0.3 is 0 Å². The van der Waals surface area contributed by atoms with Crippen LogP contribution in [0.4, 0.5) is 5.69 Å². The van der Waals surface area contributed by atoms with Gasteiger partial charge in [-0.25, -0.2) is 0 Å². The molecule has 4 aliphatic rings. The highest BCUT2D eigenvalue weighted by atomic mass is 16.2. The quantitative estimate of drug-likeness (QED) is 0.484. The molecule has 3 aromatic carbocycles. The molecule has 1 aliphatic heterocycles. The molecular formula is C31H30N2O3. The second-order valence-electron chi connectivity index (χ2n) is 10.3. The molecule has 3 aromatic rings. The molecule has 0 unspecified atom stereocenters. The second-order valence-corrected chi connectivity index (χ2v) is 10.3. The maximum atomic E-state index is 14.1. The standard InChI is InChI=1S/C31H30N2O3/c1-3-4-16-24(29(34)32-19-11-9-10-18(2)17-19)33-30(35)27-25-20-12-5-6-13-21(20)26(28(27)31(33)36)23-15-8-7-14-22(23)25/h5-15,17,24-28H,3-4,16H2,1-2H3,(H,32,34)/t24-,25?,26?,27-,28-/m1/s1. The summed E-state index contributed by atoms with van der Waals surface area (Å²) in [6.45, 7) is 4.02. The lowest BCUT2D eigenvalue weighted by Crippen LogP contribution is -2.48. The monoisotopic (exact) mass is 478 g/mol. The number of aryl methyl sites for hydroxylation is 1. The van der Waals surface area contributed by atoms with Crippen molar-refractivity contribution in [3.05, 3.63) is 101 Å². The number of hydrogen-bond acceptors (Lipinski definition) is 3. The Labute approximate surface area is 211 Å². The zero-order valence-corrected chi connectivity index (χ0v) is 20.6. The van der Waals surface area contributed by atoms with E-state index in [2.05, 4.69) is 36.5 Å². The predicted octanol–water partition coefficient (Wildman–Crippen LogP) is 5.38. The molecule has 7 rings (SSSR count). The fraction of sp³-hybridized carbons (Fsp3) is 0.323. The van der Waals surface area contributed by atoms with Gasteiger partial charge in [0.05, 0.1) is 11.8 Å². The predicted molar refractivity (Wildman–Crippen MR) is 139 cm³/mol. The molecular weight excluding hydrogens is 448 g/mol. The van der Waals surface area contributed by atoms with E-state index in [0.29, 0.717) is 12.1 Å². The van der Waals surface area contributed by atoms with Crippen LogP contribution in [0, 0.1) is 18.8 Å². The molecule has 36 heavy (non-hydrogen) atoms. The summed E-state index contributed by atoms with van der Waals surface area (Å²) < 4.78 is 0. The maximum absolute atomic E-state index is 14.1. The Morgan fingerprint density at radius 3 is 1.83 bits per heavy atom. The number of imide groups is 1. The normalized spacial score (nSPS) is 24.2. The van der Waals surface area contributed by atoms with E-state index in [0.717, 1.165) is 40.7 Å². The van der Waals surface area contributed by atoms with Crippen LogP contribution < -0.4 is 5.32 Å². The molecule has 0 radical (unpaired) electrons. The van der Waals surface area contributed by atoms with Gasteiger partial charge in [-0.2, -0.15) is 0 Å². The highest BCUT2D eigenvalue weighted by Crippen LogP contribution is 2.61. The SMILES string of the molecule is CCCC[C@H](C(=O)Nc1cccc(C)c1)N1C(=O)[C@@H]2C3c4ccccc4C(c4ccccc43)[C@H]2C1=O. The Hall–Kier alpha value is -3.73. The molecule has 1 heterocycles. The van der Waals surface area contributed by atoms with E-state index in [-0.39, 0.29) is 29.6 Å². The van der Waals surface area contributed by atoms with E-state index in [9.17, 15) is 14.4 Å². The summed E-state index contributed by atoms with van der Waals surface area (Å²) in [4.78, 5) is 43.1. The summed E-state index contributed by atoms with van der Waals surface area (Å²) in [7, 11) is 0. The molecule has 3 aliphatic carbocycles. The maximum Gasteiger partial charge on any atom is 0.247 e. The van der Waals surface area contributed by atoms with E-state index in [4.69, 9.17) is 0 Å². The van der Waals surface area contributed by atoms with Gasteiger partial charge in [0.25, 0.3) is 0 Å². The van der Waals surface area contributed by atoms with Crippen LogP contribution in [0.5, 0.6) is 0 Å². The average Bonchev–Trinajstić information content (AvgIpc) is 3.15. The van der Waals surface area contributed by atoms with Gasteiger partial charge in [-0.05, 0) is 53.3 Å². The van der Waals surface area contributed by atoms with Crippen molar-refractivity contribution in [2.75, 3.05) is 5.32 Å². The van der Waals surface area contributed by atoms with Crippen molar-refractivity contribution in [2.45, 2.75) is 51.0 Å². The van der Waals surface area contributed by atoms with Crippen LogP contribution >= 0.6 is 0 Å². The van der Waals surface area contributed by atoms with E-state index in [1.165, 1.54) is 4.90 Å². The molecule has 1 saturated heterocycles. The molecule has 0 saturated carbocycles. The van der Waals surface area contributed by atoms with Gasteiger partial charge in [0.15, 0.2) is 0 Å². The number of benzene rings is 3. The number of nitrogens with one attached hydrogen (secondary N) is 1. The summed E-state index contributed by atoms with van der Waals surface area (Å²) in [6.07, 6.45) is 2.09. The third-order valence-corrected chi connectivity index (χ3v) is 8.21. The molecule has 0 spiro atoms. The molecule has 3 amide bonds. The first-order valence-electron chi connectivity index (χ1n) is 12.9. The number of hydrogen-bond donors (Lipinski definition) is 1. The molecule has 1 N–H and O–H groups in total. The first-order chi connectivity index (χ1) is 17.5. The van der Waals surface area contributed by atoms with Crippen molar-refractivity contribution in [3.63, 3.8) is 0 Å². The molecule has 5 heteroatoms. The Morgan fingerprint density at radius 1 is 0.833 bits per heavy atom. The number of amides is 3. The highest BCUT2D eigenvalue weighted by molar-refractivity contribution is 6.11. The van der Waals surface area contributed by atoms with Crippen LogP contribution in [-0.2, 0) is 14.4 Å². The molecule has 2 bridgehead atoms. The van der Waals surface area contributed by atoms with Gasteiger partial charge < -0.3 is 5.32 Å². The van der Waals surface area contributed by atoms with E-state index in [1.54, 1.807) is 0 Å². The van der Waals surface area contributed by atoms with Gasteiger partial charge in [0, 0.05) is 17.5 Å². The molecule has 3 atom stereocenters. The minimum Gasteiger partial charge on any atom is -0.324 e. The lowest BCUT2D eigenvalue weighted by atomic mass is 9.55. The molecule has 1 fully saturated rings. The lowest BCUT2D eigenvalue weighted by Gasteiger charge is -2.45. The number of rotatable bonds is 6. The lowest BCUT2D eigenvalue weighted by molar-refractivity contribution is -0.147. The minimum atomic E-state index is -0.818. The zero-order valence-electron chi connectivity index (χ0n) is 20.6. The number of carbonyl (C=O) groups is 3. The van der Waals surface area contributed by atoms with Crippen LogP contribution in [0.25, 0.3) is 0 Å². The van der Waals surface area contributed by atoms with Crippen molar-refractivity contribution in [1.82, 2.24) is 4.90 Å². The number of anilines is 1. The van der Waals surface area contributed by atoms with Crippen LogP contribution in [-0.4, -0.2) is 28.7 Å². The van der Waals surface area contributed by atoms with Gasteiger partial charge in [-0.15, -0.1) is 0 Å². The van der Waals surface area contributed by atoms with Gasteiger partial charge in [-0.1, -0.05) is 80.4 Å². The van der Waals surface area contributed by atoms with Crippen molar-refractivity contribution >= 4 is 23.4 Å². The average molecular weight is 479 g/mol. The smallest absolute Gasteiger partial charge is 0.247 e. The number of nitrogens with zero attached hydrogens (tertiary/aromatic N) is 1. The van der Waals surface area contributed by atoms with E-state index in [1.807, 2.05) is 55.5 Å². The van der Waals surface area contributed by atoms with Crippen molar-refractivity contribution < 1.29 is 14.4 Å². The number of likely N-dealkylation sites (tertiary alicyclic amines) is 1. The van der Waals surface area contributed by atoms with Crippen LogP contribution in [0.15, 0.2) is 72.8 Å². The fourth-order valence-corrected chi connectivity index (χ4v) is 6.73. The Kier molecular flexibility index (Phi) is 5.51. The third-order valence-electron chi connectivity index (χ3n) is 8.21. The first-order valence-corrected chi connectivity index (χ1v) is 12.9. The summed E-state index contributed by atoms with van der Waals surface area (Å²) in [5.41, 5.74) is 6.27. The van der Waals surface area contributed by atoms with Crippen molar-refractivity contribution in [2.24, 2.45) is 11.8 Å². The van der Waals surface area contributed by atoms with Crippen LogP contribution in [0.3, 0.4) is 0 Å². The Bertz CT molecular complexity index is 1260. The van der Waals surface area contributed by atoms with E-state index < -0.39 is 17.9 Å². The topological polar surface area (TPSA) is 66.5 Å². The van der Waals surface area contributed by atoms with Gasteiger partial charge in [-0.3, -0.25) is 19.3 Å². The van der Waals surface area contributed by atoms with Crippen LogP contribution in [0.1, 0.15) is 65.8 Å². The van der Waals surface area contributed by atoms with Crippen LogP contribution in [0.2, 0.25) is 0 Å². The largest absolute Gasteiger partial charge is 0.324 e. The minimum absolute atomic E-state index is 0.166.